The van der Waals surface area contributed by atoms with E-state index in [-0.39, 0.29) is 25.3 Å². The predicted molar refractivity (Wildman–Crippen MR) is 117 cm³/mol. The minimum atomic E-state index is -3.39. The van der Waals surface area contributed by atoms with Gasteiger partial charge in [-0.1, -0.05) is 12.1 Å². The van der Waals surface area contributed by atoms with Gasteiger partial charge in [-0.3, -0.25) is 9.78 Å². The van der Waals surface area contributed by atoms with Crippen molar-refractivity contribution in [1.82, 2.24) is 19.5 Å². The lowest BCUT2D eigenvalue weighted by Gasteiger charge is -2.48. The largest absolute Gasteiger partial charge is 0.368 e. The fraction of sp³-hybridized carbons (Fsp3) is 0.238. The zero-order chi connectivity index (χ0) is 22.9. The van der Waals surface area contributed by atoms with Crippen LogP contribution in [0, 0.1) is 5.82 Å². The summed E-state index contributed by atoms with van der Waals surface area (Å²) >= 11 is 0. The highest BCUT2D eigenvalue weighted by Gasteiger charge is 2.50. The number of nitrogens with zero attached hydrogens (tertiary/aromatic N) is 4. The fourth-order valence-corrected chi connectivity index (χ4v) is 4.62. The molecule has 3 N–H and O–H groups in total. The molecule has 3 heterocycles. The molecule has 0 atom stereocenters. The van der Waals surface area contributed by atoms with Crippen LogP contribution in [0.15, 0.2) is 54.7 Å². The number of benzene rings is 1. The van der Waals surface area contributed by atoms with Crippen molar-refractivity contribution in [3.8, 4) is 11.3 Å². The molecule has 0 radical (unpaired) electrons. The van der Waals surface area contributed by atoms with Crippen LogP contribution in [0.4, 0.5) is 10.2 Å². The first-order chi connectivity index (χ1) is 15.2. The Morgan fingerprint density at radius 1 is 1.19 bits per heavy atom. The lowest BCUT2D eigenvalue weighted by atomic mass is 9.77. The Bertz CT molecular complexity index is 1260. The number of hydrogen-bond acceptors (Lipinski definition) is 7. The molecule has 1 aliphatic rings. The third-order valence-electron chi connectivity index (χ3n) is 5.40. The summed E-state index contributed by atoms with van der Waals surface area (Å²) in [6, 6.07) is 13.0. The third kappa shape index (κ3) is 4.30. The molecule has 32 heavy (non-hydrogen) atoms. The second kappa shape index (κ2) is 8.24. The van der Waals surface area contributed by atoms with Crippen LogP contribution in [0.1, 0.15) is 16.1 Å². The highest BCUT2D eigenvalue weighted by atomic mass is 32.2. The van der Waals surface area contributed by atoms with Crippen molar-refractivity contribution < 1.29 is 17.6 Å². The van der Waals surface area contributed by atoms with E-state index in [0.717, 1.165) is 6.26 Å². The predicted octanol–water partition coefficient (Wildman–Crippen LogP) is 1.40. The number of nitrogens with one attached hydrogen (secondary N) is 1. The lowest BCUT2D eigenvalue weighted by Crippen LogP contribution is -2.64. The molecule has 1 saturated heterocycles. The van der Waals surface area contributed by atoms with E-state index in [1.807, 2.05) is 0 Å². The minimum Gasteiger partial charge on any atom is -0.368 e. The summed E-state index contributed by atoms with van der Waals surface area (Å²) in [6.07, 6.45) is 2.61. The molecule has 1 fully saturated rings. The van der Waals surface area contributed by atoms with Gasteiger partial charge in [0.1, 0.15) is 11.6 Å². The molecule has 0 spiro atoms. The van der Waals surface area contributed by atoms with Gasteiger partial charge in [0.05, 0.1) is 23.1 Å². The van der Waals surface area contributed by atoms with Gasteiger partial charge < -0.3 is 11.1 Å². The Morgan fingerprint density at radius 3 is 2.59 bits per heavy atom. The van der Waals surface area contributed by atoms with Crippen LogP contribution >= 0.6 is 0 Å². The Balaban J connectivity index is 1.52. The molecule has 4 rings (SSSR count). The van der Waals surface area contributed by atoms with Gasteiger partial charge in [0, 0.05) is 37.0 Å². The van der Waals surface area contributed by atoms with Crippen LogP contribution in [0.25, 0.3) is 11.3 Å². The standard InChI is InChI=1S/C21H21FN6O3S/c1-32(30,31)28-12-21(13-28,19-16(22)6-3-9-24-19)11-25-18-8-7-17(26-27-18)14-4-2-5-15(10-14)20(23)29/h2-10H,11-13H2,1H3,(H2,23,29)(H,25,27). The molecule has 1 amide bonds. The van der Waals surface area contributed by atoms with Crippen molar-refractivity contribution in [2.45, 2.75) is 5.41 Å². The number of rotatable bonds is 7. The molecule has 0 bridgehead atoms. The summed E-state index contributed by atoms with van der Waals surface area (Å²) in [5, 5.41) is 11.4. The number of nitrogens with two attached hydrogens (primary N) is 1. The summed E-state index contributed by atoms with van der Waals surface area (Å²) in [5.41, 5.74) is 6.31. The molecule has 2 aromatic heterocycles. The Kier molecular flexibility index (Phi) is 5.61. The highest BCUT2D eigenvalue weighted by Crippen LogP contribution is 2.36. The first-order valence-corrected chi connectivity index (χ1v) is 11.6. The van der Waals surface area contributed by atoms with Crippen molar-refractivity contribution in [1.29, 1.82) is 0 Å². The summed E-state index contributed by atoms with van der Waals surface area (Å²) in [5.74, 6) is -0.583. The topological polar surface area (TPSA) is 131 Å². The number of hydrogen-bond donors (Lipinski definition) is 2. The van der Waals surface area contributed by atoms with Crippen molar-refractivity contribution in [3.63, 3.8) is 0 Å². The van der Waals surface area contributed by atoms with Gasteiger partial charge in [0.25, 0.3) is 0 Å². The molecule has 1 aliphatic heterocycles. The maximum Gasteiger partial charge on any atom is 0.248 e. The van der Waals surface area contributed by atoms with Gasteiger partial charge in [-0.2, -0.15) is 0 Å². The van der Waals surface area contributed by atoms with Crippen molar-refractivity contribution in [2.24, 2.45) is 5.73 Å². The first-order valence-electron chi connectivity index (χ1n) is 9.72. The van der Waals surface area contributed by atoms with Gasteiger partial charge >= 0.3 is 0 Å². The van der Waals surface area contributed by atoms with Gasteiger partial charge in [-0.25, -0.2) is 17.1 Å². The van der Waals surface area contributed by atoms with E-state index < -0.39 is 27.2 Å². The monoisotopic (exact) mass is 456 g/mol. The number of carbonyl (C=O) groups is 1. The Hall–Kier alpha value is -3.44. The van der Waals surface area contributed by atoms with Crippen LogP contribution in [-0.2, 0) is 15.4 Å². The van der Waals surface area contributed by atoms with Crippen LogP contribution in [0.5, 0.6) is 0 Å². The van der Waals surface area contributed by atoms with Crippen molar-refractivity contribution in [2.75, 3.05) is 31.2 Å². The Labute approximate surface area is 184 Å². The molecule has 1 aromatic carbocycles. The van der Waals surface area contributed by atoms with E-state index in [0.29, 0.717) is 22.6 Å². The second-order valence-corrected chi connectivity index (χ2v) is 9.73. The molecule has 9 nitrogen and oxygen atoms in total. The van der Waals surface area contributed by atoms with E-state index in [1.54, 1.807) is 36.4 Å². The van der Waals surface area contributed by atoms with E-state index in [1.165, 1.54) is 22.6 Å². The highest BCUT2D eigenvalue weighted by molar-refractivity contribution is 7.88. The average Bonchev–Trinajstić information content (AvgIpc) is 2.73. The van der Waals surface area contributed by atoms with E-state index >= 15 is 0 Å². The minimum absolute atomic E-state index is 0.109. The summed E-state index contributed by atoms with van der Waals surface area (Å²) in [4.78, 5) is 15.5. The maximum absolute atomic E-state index is 14.5. The molecular weight excluding hydrogens is 435 g/mol. The van der Waals surface area contributed by atoms with Gasteiger partial charge in [0.15, 0.2) is 0 Å². The van der Waals surface area contributed by atoms with Gasteiger partial charge in [0.2, 0.25) is 15.9 Å². The number of pyridine rings is 1. The zero-order valence-corrected chi connectivity index (χ0v) is 18.0. The molecule has 166 valence electrons. The normalized spacial score (nSPS) is 15.7. The van der Waals surface area contributed by atoms with Crippen LogP contribution < -0.4 is 11.1 Å². The molecule has 3 aromatic rings. The van der Waals surface area contributed by atoms with Gasteiger partial charge in [-0.05, 0) is 36.4 Å². The second-order valence-electron chi connectivity index (χ2n) is 7.75. The van der Waals surface area contributed by atoms with Crippen LogP contribution in [-0.4, -0.2) is 59.7 Å². The first kappa shape index (κ1) is 21.8. The number of primary amides is 1. The van der Waals surface area contributed by atoms with E-state index in [2.05, 4.69) is 20.5 Å². The molecule has 0 saturated carbocycles. The summed E-state index contributed by atoms with van der Waals surface area (Å²) < 4.78 is 39.5. The molecule has 11 heteroatoms. The number of sulfonamides is 1. The summed E-state index contributed by atoms with van der Waals surface area (Å²) in [7, 11) is -3.39. The fourth-order valence-electron chi connectivity index (χ4n) is 3.66. The number of amides is 1. The van der Waals surface area contributed by atoms with Crippen LogP contribution in [0.3, 0.4) is 0 Å². The van der Waals surface area contributed by atoms with E-state index in [9.17, 15) is 17.6 Å². The van der Waals surface area contributed by atoms with Gasteiger partial charge in [-0.15, -0.1) is 10.2 Å². The SMILES string of the molecule is CS(=O)(=O)N1CC(CNc2ccc(-c3cccc(C(N)=O)c3)nn2)(c2ncccc2F)C1. The number of carbonyl (C=O) groups excluding carboxylic acids is 1. The Morgan fingerprint density at radius 2 is 1.97 bits per heavy atom. The van der Waals surface area contributed by atoms with Crippen LogP contribution in [0.2, 0.25) is 0 Å². The smallest absolute Gasteiger partial charge is 0.248 e. The number of aromatic nitrogens is 3. The quantitative estimate of drug-likeness (QED) is 0.549. The lowest BCUT2D eigenvalue weighted by molar-refractivity contribution is 0.100. The van der Waals surface area contributed by atoms with Crippen molar-refractivity contribution >= 4 is 21.7 Å². The van der Waals surface area contributed by atoms with E-state index in [4.69, 9.17) is 5.73 Å². The average molecular weight is 457 g/mol. The summed E-state index contributed by atoms with van der Waals surface area (Å²) in [6.45, 7) is 0.439. The zero-order valence-electron chi connectivity index (χ0n) is 17.2. The molecular formula is C21H21FN6O3S. The number of halogens is 1. The molecule has 0 unspecified atom stereocenters. The van der Waals surface area contributed by atoms with Crippen molar-refractivity contribution in [3.05, 3.63) is 71.8 Å². The molecule has 0 aliphatic carbocycles. The maximum atomic E-state index is 14.5. The third-order valence-corrected chi connectivity index (χ3v) is 6.60. The number of anilines is 1.